The zero-order chi connectivity index (χ0) is 13.7. The zero-order valence-electron chi connectivity index (χ0n) is 9.62. The summed E-state index contributed by atoms with van der Waals surface area (Å²) in [6.45, 7) is 0.182. The minimum absolute atomic E-state index is 0.0551. The van der Waals surface area contributed by atoms with E-state index >= 15 is 0 Å². The number of aliphatic hydroxyl groups excluding tert-OH is 3. The molecule has 7 N–H and O–H groups in total. The lowest BCUT2D eigenvalue weighted by Gasteiger charge is -2.40. The summed E-state index contributed by atoms with van der Waals surface area (Å²) in [5.41, 5.74) is 5.31. The highest BCUT2D eigenvalue weighted by Crippen LogP contribution is 2.19. The molecule has 1 fully saturated rings. The number of rotatable bonds is 4. The number of halogens is 1. The quantitative estimate of drug-likeness (QED) is 0.310. The monoisotopic (exact) mass is 283 g/mol. The van der Waals surface area contributed by atoms with Gasteiger partial charge in [0.1, 0.15) is 24.4 Å². The first-order valence-electron chi connectivity index (χ1n) is 5.51. The Morgan fingerprint density at radius 3 is 2.56 bits per heavy atom. The van der Waals surface area contributed by atoms with Crippen LogP contribution in [0.4, 0.5) is 4.79 Å². The first kappa shape index (κ1) is 15.4. The molecule has 106 valence electrons. The Hall–Kier alpha value is -0.640. The second-order valence-corrected chi connectivity index (χ2v) is 4.27. The van der Waals surface area contributed by atoms with E-state index in [1.165, 1.54) is 0 Å². The van der Waals surface area contributed by atoms with Crippen LogP contribution in [-0.4, -0.2) is 71.0 Å². The van der Waals surface area contributed by atoms with E-state index in [4.69, 9.17) is 22.1 Å². The molecule has 0 saturated carbocycles. The van der Waals surface area contributed by atoms with Crippen LogP contribution in [0.5, 0.6) is 0 Å². The molecule has 0 unspecified atom stereocenters. The highest BCUT2D eigenvalue weighted by molar-refractivity contribution is 6.18. The third-order valence-corrected chi connectivity index (χ3v) is 2.82. The molecule has 1 aliphatic heterocycles. The maximum absolute atomic E-state index is 11.4. The molecule has 0 aromatic heterocycles. The lowest BCUT2D eigenvalue weighted by Crippen LogP contribution is -2.65. The summed E-state index contributed by atoms with van der Waals surface area (Å²) < 4.78 is 4.99. The number of nitrogens with one attached hydrogen (secondary N) is 2. The standard InChI is InChI=1S/C9H18ClN3O5/c10-1-2-12-9(17)13-5-7(15)6(14)4(3-11)18-8(5)16/h4-8,14-16H,1-3,11H2,(H2,12,13,17)/t4-,5-,6-,7-,8+/m1/s1. The predicted octanol–water partition coefficient (Wildman–Crippen LogP) is -2.71. The molecule has 0 aromatic rings. The van der Waals surface area contributed by atoms with Gasteiger partial charge in [-0.05, 0) is 0 Å². The number of urea groups is 1. The normalized spacial score (nSPS) is 36.2. The van der Waals surface area contributed by atoms with Gasteiger partial charge in [0.25, 0.3) is 0 Å². The largest absolute Gasteiger partial charge is 0.388 e. The van der Waals surface area contributed by atoms with Gasteiger partial charge in [0.15, 0.2) is 6.29 Å². The van der Waals surface area contributed by atoms with Crippen LogP contribution < -0.4 is 16.4 Å². The Balaban J connectivity index is 2.57. The minimum Gasteiger partial charge on any atom is -0.388 e. The molecule has 1 saturated heterocycles. The Morgan fingerprint density at radius 1 is 1.33 bits per heavy atom. The minimum atomic E-state index is -1.45. The molecule has 0 spiro atoms. The van der Waals surface area contributed by atoms with E-state index < -0.39 is 36.7 Å². The molecule has 0 aromatic carbocycles. The van der Waals surface area contributed by atoms with Crippen LogP contribution in [0.1, 0.15) is 0 Å². The Bertz CT molecular complexity index is 283. The number of carbonyl (C=O) groups excluding carboxylic acids is 1. The first-order valence-corrected chi connectivity index (χ1v) is 6.04. The van der Waals surface area contributed by atoms with Gasteiger partial charge in [0.05, 0.1) is 0 Å². The summed E-state index contributed by atoms with van der Waals surface area (Å²) in [6, 6.07) is -1.76. The smallest absolute Gasteiger partial charge is 0.315 e. The molecule has 1 rings (SSSR count). The van der Waals surface area contributed by atoms with E-state index in [0.717, 1.165) is 0 Å². The number of hydrogen-bond acceptors (Lipinski definition) is 6. The van der Waals surface area contributed by atoms with Gasteiger partial charge in [-0.1, -0.05) is 0 Å². The van der Waals surface area contributed by atoms with Crippen molar-refractivity contribution in [3.8, 4) is 0 Å². The number of carbonyl (C=O) groups is 1. The number of ether oxygens (including phenoxy) is 1. The van der Waals surface area contributed by atoms with Crippen molar-refractivity contribution in [1.29, 1.82) is 0 Å². The van der Waals surface area contributed by atoms with Crippen LogP contribution in [0, 0.1) is 0 Å². The fourth-order valence-corrected chi connectivity index (χ4v) is 1.75. The van der Waals surface area contributed by atoms with Gasteiger partial charge in [0.2, 0.25) is 0 Å². The van der Waals surface area contributed by atoms with E-state index in [2.05, 4.69) is 10.6 Å². The molecule has 0 bridgehead atoms. The highest BCUT2D eigenvalue weighted by Gasteiger charge is 2.43. The van der Waals surface area contributed by atoms with Gasteiger partial charge in [-0.2, -0.15) is 0 Å². The molecule has 18 heavy (non-hydrogen) atoms. The molecule has 2 amide bonds. The van der Waals surface area contributed by atoms with Gasteiger partial charge >= 0.3 is 6.03 Å². The van der Waals surface area contributed by atoms with Gasteiger partial charge in [-0.25, -0.2) is 4.79 Å². The van der Waals surface area contributed by atoms with Crippen LogP contribution in [0.3, 0.4) is 0 Å². The Morgan fingerprint density at radius 2 is 2.00 bits per heavy atom. The van der Waals surface area contributed by atoms with Crippen LogP contribution >= 0.6 is 11.6 Å². The van der Waals surface area contributed by atoms with Crippen molar-refractivity contribution in [2.45, 2.75) is 30.6 Å². The lowest BCUT2D eigenvalue weighted by atomic mass is 9.97. The summed E-state index contributed by atoms with van der Waals surface area (Å²) in [6.07, 6.45) is -4.97. The molecular weight excluding hydrogens is 266 g/mol. The predicted molar refractivity (Wildman–Crippen MR) is 63.0 cm³/mol. The van der Waals surface area contributed by atoms with E-state index in [-0.39, 0.29) is 19.0 Å². The van der Waals surface area contributed by atoms with E-state index in [9.17, 15) is 20.1 Å². The van der Waals surface area contributed by atoms with Crippen molar-refractivity contribution in [2.75, 3.05) is 19.0 Å². The van der Waals surface area contributed by atoms with Crippen molar-refractivity contribution in [2.24, 2.45) is 5.73 Å². The van der Waals surface area contributed by atoms with Gasteiger partial charge in [-0.15, -0.1) is 11.6 Å². The summed E-state index contributed by atoms with van der Waals surface area (Å²) in [4.78, 5) is 11.4. The molecule has 1 heterocycles. The van der Waals surface area contributed by atoms with Crippen molar-refractivity contribution in [1.82, 2.24) is 10.6 Å². The Labute approximate surface area is 109 Å². The molecule has 1 aliphatic rings. The van der Waals surface area contributed by atoms with E-state index in [0.29, 0.717) is 0 Å². The third-order valence-electron chi connectivity index (χ3n) is 2.63. The average molecular weight is 284 g/mol. The summed E-state index contributed by atoms with van der Waals surface area (Å²) >= 11 is 5.39. The third kappa shape index (κ3) is 3.67. The van der Waals surface area contributed by atoms with E-state index in [1.54, 1.807) is 0 Å². The summed E-state index contributed by atoms with van der Waals surface area (Å²) in [5.74, 6) is 0.234. The summed E-state index contributed by atoms with van der Waals surface area (Å²) in [5, 5.41) is 33.7. The average Bonchev–Trinajstić information content (AvgIpc) is 2.36. The van der Waals surface area contributed by atoms with E-state index in [1.807, 2.05) is 0 Å². The van der Waals surface area contributed by atoms with Gasteiger partial charge in [0, 0.05) is 19.0 Å². The van der Waals surface area contributed by atoms with Crippen molar-refractivity contribution >= 4 is 17.6 Å². The van der Waals surface area contributed by atoms with Crippen molar-refractivity contribution in [3.63, 3.8) is 0 Å². The maximum Gasteiger partial charge on any atom is 0.315 e. The maximum atomic E-state index is 11.4. The molecule has 0 aliphatic carbocycles. The fraction of sp³-hybridized carbons (Fsp3) is 0.889. The molecule has 9 heteroatoms. The Kier molecular flexibility index (Phi) is 6.06. The lowest BCUT2D eigenvalue weighted by molar-refractivity contribution is -0.242. The number of hydrogen-bond donors (Lipinski definition) is 6. The van der Waals surface area contributed by atoms with Crippen LogP contribution in [0.15, 0.2) is 0 Å². The van der Waals surface area contributed by atoms with Crippen LogP contribution in [-0.2, 0) is 4.74 Å². The van der Waals surface area contributed by atoms with Gasteiger partial charge in [-0.3, -0.25) is 0 Å². The summed E-state index contributed by atoms with van der Waals surface area (Å²) in [7, 11) is 0. The fourth-order valence-electron chi connectivity index (χ4n) is 1.66. The second-order valence-electron chi connectivity index (χ2n) is 3.90. The molecule has 8 nitrogen and oxygen atoms in total. The van der Waals surface area contributed by atoms with Crippen LogP contribution in [0.2, 0.25) is 0 Å². The first-order chi connectivity index (χ1) is 8.51. The molecule has 5 atom stereocenters. The molecular formula is C9H18ClN3O5. The number of alkyl halides is 1. The highest BCUT2D eigenvalue weighted by atomic mass is 35.5. The second kappa shape index (κ2) is 7.07. The molecule has 0 radical (unpaired) electrons. The number of nitrogens with two attached hydrogens (primary N) is 1. The SMILES string of the molecule is NC[C@H]1O[C@H](O)[C@H](NC(=O)NCCCl)[C@@H](O)[C@@H]1O. The van der Waals surface area contributed by atoms with Crippen molar-refractivity contribution < 1.29 is 24.9 Å². The number of aliphatic hydroxyl groups is 3. The number of amides is 2. The topological polar surface area (TPSA) is 137 Å². The zero-order valence-corrected chi connectivity index (χ0v) is 10.4. The van der Waals surface area contributed by atoms with Crippen LogP contribution in [0.25, 0.3) is 0 Å². The van der Waals surface area contributed by atoms with Crippen molar-refractivity contribution in [3.05, 3.63) is 0 Å². The van der Waals surface area contributed by atoms with Gasteiger partial charge < -0.3 is 36.4 Å².